The van der Waals surface area contributed by atoms with Crippen LogP contribution in [-0.2, 0) is 0 Å². The summed E-state index contributed by atoms with van der Waals surface area (Å²) in [5, 5.41) is 1.09. The molecular weight excluding hydrogens is 210 g/mol. The first kappa shape index (κ1) is 11.9. The van der Waals surface area contributed by atoms with Gasteiger partial charge in [0.2, 0.25) is 0 Å². The summed E-state index contributed by atoms with van der Waals surface area (Å²) in [6.45, 7) is 0.452. The molecular formula is C11H14ClN3. The van der Waals surface area contributed by atoms with Gasteiger partial charge in [-0.25, -0.2) is 0 Å². The molecule has 2 rings (SSSR count). The van der Waals surface area contributed by atoms with Crippen molar-refractivity contribution >= 4 is 23.3 Å². The van der Waals surface area contributed by atoms with E-state index >= 15 is 0 Å². The Morgan fingerprint density at radius 3 is 2.67 bits per heavy atom. The van der Waals surface area contributed by atoms with E-state index in [2.05, 4.69) is 4.98 Å². The normalized spacial score (nSPS) is 12.1. The fourth-order valence-corrected chi connectivity index (χ4v) is 1.57. The smallest absolute Gasteiger partial charge is 0.0705 e. The molecule has 0 saturated carbocycles. The lowest BCUT2D eigenvalue weighted by Crippen LogP contribution is -2.21. The highest BCUT2D eigenvalue weighted by atomic mass is 35.5. The second kappa shape index (κ2) is 5.07. The third-order valence-electron chi connectivity index (χ3n) is 2.34. The van der Waals surface area contributed by atoms with Crippen molar-refractivity contribution in [1.29, 1.82) is 0 Å². The number of halogens is 1. The number of aromatic nitrogens is 1. The minimum atomic E-state index is -0.108. The van der Waals surface area contributed by atoms with E-state index in [0.717, 1.165) is 16.5 Å². The van der Waals surface area contributed by atoms with Gasteiger partial charge in [-0.1, -0.05) is 18.2 Å². The lowest BCUT2D eigenvalue weighted by Gasteiger charge is -2.11. The first-order chi connectivity index (χ1) is 6.83. The van der Waals surface area contributed by atoms with E-state index in [1.165, 1.54) is 0 Å². The Bertz CT molecular complexity index is 439. The van der Waals surface area contributed by atoms with Gasteiger partial charge in [0.25, 0.3) is 0 Å². The molecule has 1 aromatic carbocycles. The van der Waals surface area contributed by atoms with Crippen LogP contribution in [-0.4, -0.2) is 11.5 Å². The third kappa shape index (κ3) is 2.26. The van der Waals surface area contributed by atoms with Crippen LogP contribution in [0.4, 0.5) is 0 Å². The first-order valence-corrected chi connectivity index (χ1v) is 4.62. The van der Waals surface area contributed by atoms with E-state index in [1.54, 1.807) is 6.20 Å². The molecule has 80 valence electrons. The van der Waals surface area contributed by atoms with E-state index in [-0.39, 0.29) is 18.4 Å². The van der Waals surface area contributed by atoms with E-state index < -0.39 is 0 Å². The molecule has 0 aliphatic carbocycles. The van der Waals surface area contributed by atoms with Gasteiger partial charge >= 0.3 is 0 Å². The molecule has 1 aromatic heterocycles. The quantitative estimate of drug-likeness (QED) is 0.813. The monoisotopic (exact) mass is 223 g/mol. The lowest BCUT2D eigenvalue weighted by atomic mass is 10.0. The van der Waals surface area contributed by atoms with Crippen LogP contribution in [0, 0.1) is 0 Å². The highest BCUT2D eigenvalue weighted by Gasteiger charge is 2.07. The Morgan fingerprint density at radius 2 is 1.93 bits per heavy atom. The van der Waals surface area contributed by atoms with Gasteiger partial charge in [0.15, 0.2) is 0 Å². The average Bonchev–Trinajstić information content (AvgIpc) is 2.27. The van der Waals surface area contributed by atoms with Crippen molar-refractivity contribution in [1.82, 2.24) is 4.98 Å². The van der Waals surface area contributed by atoms with Crippen molar-refractivity contribution in [2.45, 2.75) is 6.04 Å². The summed E-state index contributed by atoms with van der Waals surface area (Å²) in [5.74, 6) is 0. The van der Waals surface area contributed by atoms with E-state index in [4.69, 9.17) is 11.5 Å². The maximum atomic E-state index is 5.91. The zero-order valence-electron chi connectivity index (χ0n) is 8.26. The van der Waals surface area contributed by atoms with Crippen LogP contribution in [0.1, 0.15) is 11.6 Å². The highest BCUT2D eigenvalue weighted by molar-refractivity contribution is 5.85. The molecule has 4 heteroatoms. The van der Waals surface area contributed by atoms with Crippen molar-refractivity contribution in [3.8, 4) is 0 Å². The number of nitrogens with zero attached hydrogens (tertiary/aromatic N) is 1. The van der Waals surface area contributed by atoms with Gasteiger partial charge in [-0.15, -0.1) is 12.4 Å². The number of fused-ring (bicyclic) bond motifs is 1. The Balaban J connectivity index is 0.00000112. The van der Waals surface area contributed by atoms with Crippen LogP contribution in [0.2, 0.25) is 0 Å². The molecule has 0 unspecified atom stereocenters. The minimum absolute atomic E-state index is 0. The van der Waals surface area contributed by atoms with E-state index in [0.29, 0.717) is 6.54 Å². The van der Waals surface area contributed by atoms with Crippen LogP contribution in [0.3, 0.4) is 0 Å². The molecule has 0 amide bonds. The van der Waals surface area contributed by atoms with Gasteiger partial charge in [-0.2, -0.15) is 0 Å². The van der Waals surface area contributed by atoms with Crippen LogP contribution >= 0.6 is 12.4 Å². The topological polar surface area (TPSA) is 64.9 Å². The summed E-state index contributed by atoms with van der Waals surface area (Å²) in [5.41, 5.74) is 13.5. The molecule has 0 bridgehead atoms. The largest absolute Gasteiger partial charge is 0.329 e. The summed E-state index contributed by atoms with van der Waals surface area (Å²) in [4.78, 5) is 4.26. The predicted molar refractivity (Wildman–Crippen MR) is 65.0 cm³/mol. The molecule has 1 atom stereocenters. The Hall–Kier alpha value is -1.16. The maximum Gasteiger partial charge on any atom is 0.0705 e. The van der Waals surface area contributed by atoms with Crippen molar-refractivity contribution in [3.05, 3.63) is 42.1 Å². The van der Waals surface area contributed by atoms with E-state index in [9.17, 15) is 0 Å². The number of hydrogen-bond acceptors (Lipinski definition) is 3. The second-order valence-electron chi connectivity index (χ2n) is 3.26. The zero-order valence-corrected chi connectivity index (χ0v) is 9.08. The molecule has 0 saturated heterocycles. The van der Waals surface area contributed by atoms with Crippen LogP contribution in [0.15, 0.2) is 36.5 Å². The maximum absolute atomic E-state index is 5.91. The van der Waals surface area contributed by atoms with Crippen molar-refractivity contribution < 1.29 is 0 Å². The van der Waals surface area contributed by atoms with Crippen molar-refractivity contribution in [3.63, 3.8) is 0 Å². The molecule has 0 aliphatic heterocycles. The van der Waals surface area contributed by atoms with E-state index in [1.807, 2.05) is 30.3 Å². The molecule has 0 aliphatic rings. The fourth-order valence-electron chi connectivity index (χ4n) is 1.57. The van der Waals surface area contributed by atoms with Crippen molar-refractivity contribution in [2.75, 3.05) is 6.54 Å². The van der Waals surface area contributed by atoms with Crippen LogP contribution in [0.25, 0.3) is 10.9 Å². The molecule has 4 N–H and O–H groups in total. The molecule has 3 nitrogen and oxygen atoms in total. The summed E-state index contributed by atoms with van der Waals surface area (Å²) in [6.07, 6.45) is 1.77. The predicted octanol–water partition coefficient (Wildman–Crippen LogP) is 1.62. The first-order valence-electron chi connectivity index (χ1n) is 4.62. The van der Waals surface area contributed by atoms with Gasteiger partial charge in [-0.3, -0.25) is 4.98 Å². The Kier molecular flexibility index (Phi) is 4.03. The summed E-state index contributed by atoms with van der Waals surface area (Å²) in [6, 6.07) is 9.77. The molecule has 1 heterocycles. The number of pyridine rings is 1. The van der Waals surface area contributed by atoms with Gasteiger partial charge in [0.05, 0.1) is 5.52 Å². The Morgan fingerprint density at radius 1 is 1.20 bits per heavy atom. The number of benzene rings is 1. The van der Waals surface area contributed by atoms with Gasteiger partial charge in [-0.05, 0) is 17.7 Å². The molecule has 2 aromatic rings. The minimum Gasteiger partial charge on any atom is -0.329 e. The Labute approximate surface area is 94.9 Å². The van der Waals surface area contributed by atoms with Gasteiger partial charge in [0, 0.05) is 24.2 Å². The van der Waals surface area contributed by atoms with Crippen LogP contribution in [0.5, 0.6) is 0 Å². The lowest BCUT2D eigenvalue weighted by molar-refractivity contribution is 0.742. The SMILES string of the molecule is Cl.NC[C@H](N)c1ccnc2ccccc12. The number of hydrogen-bond donors (Lipinski definition) is 2. The number of rotatable bonds is 2. The fraction of sp³-hybridized carbons (Fsp3) is 0.182. The van der Waals surface area contributed by atoms with Gasteiger partial charge in [0.1, 0.15) is 0 Å². The molecule has 15 heavy (non-hydrogen) atoms. The molecule has 0 fully saturated rings. The van der Waals surface area contributed by atoms with Crippen LogP contribution < -0.4 is 11.5 Å². The average molecular weight is 224 g/mol. The molecule has 0 spiro atoms. The zero-order chi connectivity index (χ0) is 9.97. The third-order valence-corrected chi connectivity index (χ3v) is 2.34. The second-order valence-corrected chi connectivity index (χ2v) is 3.26. The number of nitrogens with two attached hydrogens (primary N) is 2. The number of para-hydroxylation sites is 1. The summed E-state index contributed by atoms with van der Waals surface area (Å²) >= 11 is 0. The van der Waals surface area contributed by atoms with Crippen molar-refractivity contribution in [2.24, 2.45) is 11.5 Å². The summed E-state index contributed by atoms with van der Waals surface area (Å²) in [7, 11) is 0. The molecule has 0 radical (unpaired) electrons. The highest BCUT2D eigenvalue weighted by Crippen LogP contribution is 2.20. The van der Waals surface area contributed by atoms with Gasteiger partial charge < -0.3 is 11.5 Å². The summed E-state index contributed by atoms with van der Waals surface area (Å²) < 4.78 is 0. The standard InChI is InChI=1S/C11H13N3.ClH/c12-7-10(13)8-5-6-14-11-4-2-1-3-9(8)11;/h1-6,10H,7,12-13H2;1H/t10-;/m0./s1.